The van der Waals surface area contributed by atoms with E-state index in [1.165, 1.54) is 0 Å². The Labute approximate surface area is 230 Å². The molecular weight excluding hydrogens is 557 g/mol. The Morgan fingerprint density at radius 3 is 1.13 bits per heavy atom. The highest BCUT2D eigenvalue weighted by Crippen LogP contribution is 2.21. The fourth-order valence-corrected chi connectivity index (χ4v) is 11.0. The Hall–Kier alpha value is -2.92. The van der Waals surface area contributed by atoms with Crippen LogP contribution in [0.4, 0.5) is 0 Å². The van der Waals surface area contributed by atoms with Gasteiger partial charge < -0.3 is 0 Å². The molecule has 0 aromatic heterocycles. The molecule has 0 bridgehead atoms. The van der Waals surface area contributed by atoms with Crippen molar-refractivity contribution in [3.8, 4) is 0 Å². The van der Waals surface area contributed by atoms with Crippen molar-refractivity contribution in [2.24, 2.45) is 7.54 Å². The van der Waals surface area contributed by atoms with Crippen LogP contribution in [0.15, 0.2) is 136 Å². The zero-order valence-electron chi connectivity index (χ0n) is 21.0. The Morgan fingerprint density at radius 1 is 0.500 bits per heavy atom. The highest BCUT2D eigenvalue weighted by molar-refractivity contribution is 8.02. The van der Waals surface area contributed by atoms with E-state index < -0.39 is 41.4 Å². The first-order valence-electron chi connectivity index (χ1n) is 11.8. The number of nitrogens with zero attached hydrogens (tertiary/aromatic N) is 2. The van der Waals surface area contributed by atoms with Crippen molar-refractivity contribution in [1.29, 1.82) is 0 Å². The monoisotopic (exact) mass is 584 g/mol. The SMILES string of the molecule is Cc1ccc(S(=O)(=O)N=S(CCS(=NS(=O)(=O)c2ccc(C)cc2)c2ccccc2)c2ccccc2)cc1. The van der Waals surface area contributed by atoms with Gasteiger partial charge in [-0.15, -0.1) is 7.54 Å². The van der Waals surface area contributed by atoms with E-state index >= 15 is 0 Å². The van der Waals surface area contributed by atoms with Crippen LogP contribution in [0, 0.1) is 13.8 Å². The normalized spacial score (nSPS) is 13.8. The fourth-order valence-electron chi connectivity index (χ4n) is 3.45. The lowest BCUT2D eigenvalue weighted by atomic mass is 10.2. The summed E-state index contributed by atoms with van der Waals surface area (Å²) in [6, 6.07) is 31.6. The van der Waals surface area contributed by atoms with Gasteiger partial charge in [0.1, 0.15) is 0 Å². The maximum absolute atomic E-state index is 13.2. The predicted molar refractivity (Wildman–Crippen MR) is 155 cm³/mol. The first-order chi connectivity index (χ1) is 18.1. The molecule has 0 N–H and O–H groups in total. The maximum atomic E-state index is 13.2. The van der Waals surface area contributed by atoms with Crippen molar-refractivity contribution in [3.63, 3.8) is 0 Å². The summed E-state index contributed by atoms with van der Waals surface area (Å²) in [5.74, 6) is 0.639. The summed E-state index contributed by atoms with van der Waals surface area (Å²) >= 11 is 0. The summed E-state index contributed by atoms with van der Waals surface area (Å²) in [4.78, 5) is 1.79. The van der Waals surface area contributed by atoms with Gasteiger partial charge in [0.2, 0.25) is 0 Å². The first kappa shape index (κ1) is 28.1. The average molecular weight is 585 g/mol. The minimum absolute atomic E-state index is 0.130. The molecule has 0 aliphatic carbocycles. The van der Waals surface area contributed by atoms with Gasteiger partial charge in [0.05, 0.1) is 9.79 Å². The minimum atomic E-state index is -3.93. The maximum Gasteiger partial charge on any atom is 0.288 e. The number of benzene rings is 4. The van der Waals surface area contributed by atoms with E-state index in [4.69, 9.17) is 0 Å². The van der Waals surface area contributed by atoms with Crippen LogP contribution < -0.4 is 0 Å². The van der Waals surface area contributed by atoms with E-state index in [9.17, 15) is 16.8 Å². The number of hydrogen-bond acceptors (Lipinski definition) is 4. The van der Waals surface area contributed by atoms with Crippen molar-refractivity contribution in [1.82, 2.24) is 0 Å². The molecular formula is C28H28N2O4S4. The van der Waals surface area contributed by atoms with Gasteiger partial charge in [0.25, 0.3) is 20.0 Å². The molecule has 0 spiro atoms. The summed E-state index contributed by atoms with van der Waals surface area (Å²) < 4.78 is 61.5. The first-order valence-corrected chi connectivity index (χ1v) is 17.3. The lowest BCUT2D eigenvalue weighted by Gasteiger charge is -2.12. The number of aryl methyl sites for hydroxylation is 2. The van der Waals surface area contributed by atoms with Crippen LogP contribution in [-0.4, -0.2) is 28.3 Å². The van der Waals surface area contributed by atoms with Crippen LogP contribution in [0.1, 0.15) is 11.1 Å². The molecule has 198 valence electrons. The van der Waals surface area contributed by atoms with E-state index in [2.05, 4.69) is 7.54 Å². The molecule has 0 aliphatic heterocycles. The molecule has 2 atom stereocenters. The minimum Gasteiger partial charge on any atom is -0.199 e. The second kappa shape index (κ2) is 12.3. The van der Waals surface area contributed by atoms with Gasteiger partial charge in [-0.3, -0.25) is 0 Å². The third-order valence-corrected chi connectivity index (χ3v) is 13.3. The van der Waals surface area contributed by atoms with Crippen LogP contribution >= 0.6 is 0 Å². The van der Waals surface area contributed by atoms with E-state index in [-0.39, 0.29) is 9.79 Å². The van der Waals surface area contributed by atoms with Crippen LogP contribution in [-0.2, 0) is 41.4 Å². The smallest absolute Gasteiger partial charge is 0.199 e. The number of rotatable bonds is 9. The molecule has 0 radical (unpaired) electrons. The van der Waals surface area contributed by atoms with Gasteiger partial charge >= 0.3 is 0 Å². The summed E-state index contributed by atoms with van der Waals surface area (Å²) in [6.07, 6.45) is 0. The van der Waals surface area contributed by atoms with Gasteiger partial charge in [-0.1, -0.05) is 71.8 Å². The summed E-state index contributed by atoms with van der Waals surface area (Å²) in [7, 11) is -9.94. The third-order valence-electron chi connectivity index (χ3n) is 5.51. The Kier molecular flexibility index (Phi) is 9.09. The van der Waals surface area contributed by atoms with Crippen LogP contribution in [0.2, 0.25) is 0 Å². The lowest BCUT2D eigenvalue weighted by Crippen LogP contribution is -2.12. The molecule has 6 nitrogen and oxygen atoms in total. The molecule has 38 heavy (non-hydrogen) atoms. The molecule has 10 heteroatoms. The second-order valence-corrected chi connectivity index (χ2v) is 15.7. The van der Waals surface area contributed by atoms with Crippen molar-refractivity contribution in [2.75, 3.05) is 11.5 Å². The van der Waals surface area contributed by atoms with E-state index in [1.807, 2.05) is 74.5 Å². The van der Waals surface area contributed by atoms with Crippen LogP contribution in [0.5, 0.6) is 0 Å². The molecule has 4 rings (SSSR count). The van der Waals surface area contributed by atoms with Crippen molar-refractivity contribution < 1.29 is 16.8 Å². The van der Waals surface area contributed by atoms with E-state index in [0.29, 0.717) is 11.5 Å². The van der Waals surface area contributed by atoms with Gasteiger partial charge in [0, 0.05) is 21.3 Å². The molecule has 0 heterocycles. The topological polar surface area (TPSA) is 93.0 Å². The molecule has 0 saturated heterocycles. The van der Waals surface area contributed by atoms with Crippen LogP contribution in [0.25, 0.3) is 0 Å². The summed E-state index contributed by atoms with van der Waals surface area (Å²) in [6.45, 7) is 3.78. The largest absolute Gasteiger partial charge is 0.288 e. The zero-order chi connectivity index (χ0) is 27.2. The van der Waals surface area contributed by atoms with Crippen molar-refractivity contribution in [3.05, 3.63) is 120 Å². The Balaban J connectivity index is 1.74. The lowest BCUT2D eigenvalue weighted by molar-refractivity contribution is 0.596. The molecule has 2 unspecified atom stereocenters. The van der Waals surface area contributed by atoms with Crippen LogP contribution in [0.3, 0.4) is 0 Å². The van der Waals surface area contributed by atoms with E-state index in [0.717, 1.165) is 20.9 Å². The molecule has 0 saturated carbocycles. The van der Waals surface area contributed by atoms with E-state index in [1.54, 1.807) is 48.5 Å². The number of sulfonamides is 2. The summed E-state index contributed by atoms with van der Waals surface area (Å²) in [5.41, 5.74) is 1.91. The Morgan fingerprint density at radius 2 is 0.816 bits per heavy atom. The van der Waals surface area contributed by atoms with Crippen molar-refractivity contribution >= 4 is 41.4 Å². The molecule has 0 aliphatic rings. The Bertz CT molecular complexity index is 1540. The molecule has 4 aromatic rings. The molecule has 4 aromatic carbocycles. The third kappa shape index (κ3) is 7.35. The molecule has 0 amide bonds. The second-order valence-electron chi connectivity index (χ2n) is 8.49. The standard InChI is InChI=1S/C28H28N2O4S4/c1-23-13-17-27(18-14-23)37(31,32)29-35(25-9-5-3-6-10-25)21-22-36(26-11-7-4-8-12-26)30-38(33,34)28-19-15-24(2)16-20-28/h3-20H,21-22H2,1-2H3. The molecule has 0 fully saturated rings. The highest BCUT2D eigenvalue weighted by atomic mass is 32.3. The fraction of sp³-hybridized carbons (Fsp3) is 0.143. The average Bonchev–Trinajstić information content (AvgIpc) is 2.91. The van der Waals surface area contributed by atoms with Gasteiger partial charge in [-0.25, -0.2) is 0 Å². The summed E-state index contributed by atoms with van der Waals surface area (Å²) in [5, 5.41) is 0. The van der Waals surface area contributed by atoms with Crippen molar-refractivity contribution in [2.45, 2.75) is 33.4 Å². The predicted octanol–water partition coefficient (Wildman–Crippen LogP) is 6.10. The van der Waals surface area contributed by atoms with Gasteiger partial charge in [-0.05, 0) is 83.8 Å². The number of hydrogen-bond donors (Lipinski definition) is 0. The van der Waals surface area contributed by atoms with Gasteiger partial charge in [-0.2, -0.15) is 16.8 Å². The van der Waals surface area contributed by atoms with Gasteiger partial charge in [0.15, 0.2) is 0 Å². The highest BCUT2D eigenvalue weighted by Gasteiger charge is 2.18. The zero-order valence-corrected chi connectivity index (χ0v) is 24.2. The quantitative estimate of drug-likeness (QED) is 0.238.